The maximum Gasteiger partial charge on any atom is 0.0750 e. The summed E-state index contributed by atoms with van der Waals surface area (Å²) >= 11 is 0. The minimum atomic E-state index is 0.415. The van der Waals surface area contributed by atoms with Crippen molar-refractivity contribution in [3.8, 4) is 0 Å². The van der Waals surface area contributed by atoms with Crippen LogP contribution in [0.5, 0.6) is 0 Å². The van der Waals surface area contributed by atoms with E-state index in [-0.39, 0.29) is 0 Å². The van der Waals surface area contributed by atoms with Gasteiger partial charge in [-0.15, -0.1) is 0 Å². The van der Waals surface area contributed by atoms with Crippen LogP contribution in [-0.2, 0) is 7.05 Å². The summed E-state index contributed by atoms with van der Waals surface area (Å²) in [5.74, 6) is 0.831. The van der Waals surface area contributed by atoms with Crippen molar-refractivity contribution in [3.63, 3.8) is 0 Å². The molecule has 2 aromatic heterocycles. The van der Waals surface area contributed by atoms with Gasteiger partial charge in [-0.3, -0.25) is 0 Å². The smallest absolute Gasteiger partial charge is 0.0750 e. The molecule has 3 nitrogen and oxygen atoms in total. The lowest BCUT2D eigenvalue weighted by Gasteiger charge is -2.09. The molecule has 0 aromatic carbocycles. The van der Waals surface area contributed by atoms with Crippen LogP contribution < -0.4 is 0 Å². The van der Waals surface area contributed by atoms with Gasteiger partial charge in [0.25, 0.3) is 0 Å². The molecule has 0 radical (unpaired) electrons. The van der Waals surface area contributed by atoms with E-state index in [1.807, 2.05) is 7.05 Å². The van der Waals surface area contributed by atoms with Crippen LogP contribution in [0.1, 0.15) is 50.9 Å². The van der Waals surface area contributed by atoms with E-state index in [0.29, 0.717) is 11.8 Å². The first-order valence-electron chi connectivity index (χ1n) is 5.82. The van der Waals surface area contributed by atoms with Gasteiger partial charge in [0, 0.05) is 30.2 Å². The number of nitrogens with zero attached hydrogens (tertiary/aromatic N) is 3. The van der Waals surface area contributed by atoms with E-state index in [4.69, 9.17) is 0 Å². The van der Waals surface area contributed by atoms with Crippen molar-refractivity contribution in [2.45, 2.75) is 39.5 Å². The summed E-state index contributed by atoms with van der Waals surface area (Å²) in [6.07, 6.45) is 4.29. The molecule has 2 heterocycles. The van der Waals surface area contributed by atoms with Gasteiger partial charge in [0.2, 0.25) is 0 Å². The molecule has 0 atom stereocenters. The molecular weight excluding hydrogens is 198 g/mol. The molecule has 3 heteroatoms. The molecule has 0 aliphatic carbocycles. The van der Waals surface area contributed by atoms with E-state index in [1.54, 1.807) is 0 Å². The molecule has 2 rings (SSSR count). The number of rotatable bonds is 2. The van der Waals surface area contributed by atoms with Crippen molar-refractivity contribution in [3.05, 3.63) is 23.8 Å². The Hall–Kier alpha value is -1.38. The summed E-state index contributed by atoms with van der Waals surface area (Å²) in [6.45, 7) is 8.63. The van der Waals surface area contributed by atoms with E-state index in [1.165, 1.54) is 10.8 Å². The van der Waals surface area contributed by atoms with Gasteiger partial charge >= 0.3 is 0 Å². The standard InChI is InChI=1S/C13H19N3/c1-8(2)12-10-6-16(5)7-11(10)13(9(3)4)15-14-12/h6-9H,1-5H3. The third-order valence-electron chi connectivity index (χ3n) is 2.87. The highest BCUT2D eigenvalue weighted by Gasteiger charge is 2.15. The lowest BCUT2D eigenvalue weighted by Crippen LogP contribution is -2.01. The quantitative estimate of drug-likeness (QED) is 0.773. The predicted molar refractivity (Wildman–Crippen MR) is 66.7 cm³/mol. The summed E-state index contributed by atoms with van der Waals surface area (Å²) in [5, 5.41) is 11.2. The molecule has 0 bridgehead atoms. The molecule has 86 valence electrons. The Balaban J connectivity index is 2.76. The van der Waals surface area contributed by atoms with Gasteiger partial charge in [-0.25, -0.2) is 0 Å². The average Bonchev–Trinajstić information content (AvgIpc) is 2.56. The fraction of sp³-hybridized carbons (Fsp3) is 0.538. The zero-order valence-corrected chi connectivity index (χ0v) is 10.7. The molecular formula is C13H19N3. The first-order valence-corrected chi connectivity index (χ1v) is 5.82. The van der Waals surface area contributed by atoms with Crippen molar-refractivity contribution in [1.82, 2.24) is 14.8 Å². The Morgan fingerprint density at radius 2 is 1.25 bits per heavy atom. The Labute approximate surface area is 96.5 Å². The number of hydrogen-bond donors (Lipinski definition) is 0. The fourth-order valence-corrected chi connectivity index (χ4v) is 2.06. The molecule has 16 heavy (non-hydrogen) atoms. The molecule has 0 saturated heterocycles. The molecule has 0 saturated carbocycles. The van der Waals surface area contributed by atoms with Crippen molar-refractivity contribution < 1.29 is 0 Å². The highest BCUT2D eigenvalue weighted by molar-refractivity contribution is 5.86. The summed E-state index contributed by atoms with van der Waals surface area (Å²) < 4.78 is 2.09. The fourth-order valence-electron chi connectivity index (χ4n) is 2.06. The van der Waals surface area contributed by atoms with Crippen molar-refractivity contribution in [2.75, 3.05) is 0 Å². The molecule has 0 amide bonds. The van der Waals surface area contributed by atoms with Crippen LogP contribution in [0.4, 0.5) is 0 Å². The highest BCUT2D eigenvalue weighted by Crippen LogP contribution is 2.28. The zero-order chi connectivity index (χ0) is 11.9. The van der Waals surface area contributed by atoms with Crippen LogP contribution in [0.15, 0.2) is 12.4 Å². The minimum Gasteiger partial charge on any atom is -0.356 e. The Kier molecular flexibility index (Phi) is 2.70. The Morgan fingerprint density at radius 3 is 1.56 bits per heavy atom. The third-order valence-corrected chi connectivity index (χ3v) is 2.87. The Bertz CT molecular complexity index is 464. The maximum atomic E-state index is 4.38. The molecule has 0 aliphatic heterocycles. The summed E-state index contributed by atoms with van der Waals surface area (Å²) in [4.78, 5) is 0. The first-order chi connectivity index (χ1) is 7.50. The topological polar surface area (TPSA) is 30.7 Å². The maximum absolute atomic E-state index is 4.38. The molecule has 2 aromatic rings. The second kappa shape index (κ2) is 3.89. The summed E-state index contributed by atoms with van der Waals surface area (Å²) in [6, 6.07) is 0. The monoisotopic (exact) mass is 217 g/mol. The number of aromatic nitrogens is 3. The zero-order valence-electron chi connectivity index (χ0n) is 10.7. The predicted octanol–water partition coefficient (Wildman–Crippen LogP) is 3.22. The highest BCUT2D eigenvalue weighted by atomic mass is 15.1. The van der Waals surface area contributed by atoms with Gasteiger partial charge in [-0.05, 0) is 11.8 Å². The van der Waals surface area contributed by atoms with Crippen molar-refractivity contribution >= 4 is 10.8 Å². The first kappa shape index (κ1) is 11.1. The van der Waals surface area contributed by atoms with Crippen LogP contribution in [-0.4, -0.2) is 14.8 Å². The lowest BCUT2D eigenvalue weighted by molar-refractivity contribution is 0.751. The van der Waals surface area contributed by atoms with Gasteiger partial charge in [0.05, 0.1) is 11.4 Å². The molecule has 0 unspecified atom stereocenters. The van der Waals surface area contributed by atoms with Crippen LogP contribution >= 0.6 is 0 Å². The van der Waals surface area contributed by atoms with Gasteiger partial charge in [-0.1, -0.05) is 27.7 Å². The average molecular weight is 217 g/mol. The van der Waals surface area contributed by atoms with Crippen LogP contribution in [0.3, 0.4) is 0 Å². The lowest BCUT2D eigenvalue weighted by atomic mass is 10.0. The number of aryl methyl sites for hydroxylation is 1. The molecule has 0 fully saturated rings. The second-order valence-corrected chi connectivity index (χ2v) is 5.03. The van der Waals surface area contributed by atoms with E-state index in [9.17, 15) is 0 Å². The van der Waals surface area contributed by atoms with Gasteiger partial charge < -0.3 is 4.57 Å². The SMILES string of the molecule is CC(C)c1nnc(C(C)C)c2cn(C)cc12. The summed E-state index contributed by atoms with van der Waals surface area (Å²) in [7, 11) is 2.05. The van der Waals surface area contributed by atoms with Crippen molar-refractivity contribution in [1.29, 1.82) is 0 Å². The molecule has 0 aliphatic rings. The van der Waals surface area contributed by atoms with E-state index in [2.05, 4.69) is 54.9 Å². The van der Waals surface area contributed by atoms with Crippen molar-refractivity contribution in [2.24, 2.45) is 7.05 Å². The van der Waals surface area contributed by atoms with E-state index < -0.39 is 0 Å². The van der Waals surface area contributed by atoms with Crippen LogP contribution in [0.25, 0.3) is 10.8 Å². The molecule has 0 N–H and O–H groups in total. The van der Waals surface area contributed by atoms with Gasteiger partial charge in [0.1, 0.15) is 0 Å². The van der Waals surface area contributed by atoms with Crippen LogP contribution in [0.2, 0.25) is 0 Å². The minimum absolute atomic E-state index is 0.415. The van der Waals surface area contributed by atoms with Gasteiger partial charge in [0.15, 0.2) is 0 Å². The Morgan fingerprint density at radius 1 is 0.875 bits per heavy atom. The normalized spacial score (nSPS) is 11.9. The second-order valence-electron chi connectivity index (χ2n) is 5.03. The van der Waals surface area contributed by atoms with Crippen LogP contribution in [0, 0.1) is 0 Å². The number of hydrogen-bond acceptors (Lipinski definition) is 2. The van der Waals surface area contributed by atoms with Gasteiger partial charge in [-0.2, -0.15) is 10.2 Å². The number of fused-ring (bicyclic) bond motifs is 1. The van der Waals surface area contributed by atoms with E-state index >= 15 is 0 Å². The third kappa shape index (κ3) is 1.70. The van der Waals surface area contributed by atoms with E-state index in [0.717, 1.165) is 11.4 Å². The largest absolute Gasteiger partial charge is 0.356 e. The summed E-state index contributed by atoms with van der Waals surface area (Å²) in [5.41, 5.74) is 2.19. The molecule has 0 spiro atoms.